The van der Waals surface area contributed by atoms with Gasteiger partial charge in [-0.2, -0.15) is 0 Å². The molecule has 0 heterocycles. The molecule has 0 radical (unpaired) electrons. The van der Waals surface area contributed by atoms with Crippen LogP contribution in [0.5, 0.6) is 0 Å². The Balaban J connectivity index is 0.00000128. The van der Waals surface area contributed by atoms with Crippen molar-refractivity contribution in [1.29, 1.82) is 0 Å². The van der Waals surface area contributed by atoms with Gasteiger partial charge in [0.15, 0.2) is 0 Å². The molecule has 1 saturated carbocycles. The van der Waals surface area contributed by atoms with E-state index in [0.29, 0.717) is 5.92 Å². The second-order valence-corrected chi connectivity index (χ2v) is 4.26. The number of halogens is 2. The van der Waals surface area contributed by atoms with Crippen LogP contribution in [0, 0.1) is 11.7 Å². The highest BCUT2D eigenvalue weighted by molar-refractivity contribution is 5.85. The molecule has 1 aliphatic rings. The quantitative estimate of drug-likeness (QED) is 0.858. The molecule has 1 aromatic carbocycles. The highest BCUT2D eigenvalue weighted by Gasteiger charge is 2.17. The molecular formula is C13H17ClFN. The fourth-order valence-corrected chi connectivity index (χ4v) is 1.63. The van der Waals surface area contributed by atoms with Crippen LogP contribution in [0.25, 0.3) is 6.08 Å². The monoisotopic (exact) mass is 241 g/mol. The summed E-state index contributed by atoms with van der Waals surface area (Å²) in [6.07, 6.45) is 6.68. The molecule has 1 nitrogen and oxygen atoms in total. The Kier molecular flexibility index (Phi) is 4.51. The van der Waals surface area contributed by atoms with Crippen LogP contribution >= 0.6 is 12.4 Å². The van der Waals surface area contributed by atoms with Gasteiger partial charge in [-0.1, -0.05) is 18.2 Å². The molecule has 2 rings (SSSR count). The zero-order chi connectivity index (χ0) is 10.8. The summed E-state index contributed by atoms with van der Waals surface area (Å²) in [6.45, 7) is 1.92. The van der Waals surface area contributed by atoms with Crippen molar-refractivity contribution in [3.05, 3.63) is 41.2 Å². The predicted octanol–water partition coefficient (Wildman–Crippen LogP) is 3.69. The van der Waals surface area contributed by atoms with Gasteiger partial charge in [-0.05, 0) is 48.9 Å². The smallest absolute Gasteiger partial charge is 0.123 e. The van der Waals surface area contributed by atoms with Gasteiger partial charge in [-0.3, -0.25) is 0 Å². The van der Waals surface area contributed by atoms with Crippen molar-refractivity contribution >= 4 is 18.5 Å². The maximum atomic E-state index is 13.1. The van der Waals surface area contributed by atoms with E-state index in [4.69, 9.17) is 5.73 Å². The van der Waals surface area contributed by atoms with Crippen molar-refractivity contribution in [2.24, 2.45) is 11.7 Å². The van der Waals surface area contributed by atoms with Crippen LogP contribution in [-0.2, 0) is 0 Å². The molecule has 1 aliphatic carbocycles. The minimum absolute atomic E-state index is 0. The zero-order valence-electron chi connectivity index (χ0n) is 9.32. The van der Waals surface area contributed by atoms with E-state index in [1.54, 1.807) is 12.1 Å². The molecule has 0 saturated heterocycles. The minimum atomic E-state index is -0.199. The molecule has 1 fully saturated rings. The second kappa shape index (κ2) is 5.46. The molecule has 3 heteroatoms. The molecule has 2 N–H and O–H groups in total. The normalized spacial score (nSPS) is 17.2. The summed E-state index contributed by atoms with van der Waals surface area (Å²) in [5.74, 6) is 0.504. The van der Waals surface area contributed by atoms with Crippen LogP contribution in [0.4, 0.5) is 4.39 Å². The minimum Gasteiger partial charge on any atom is -0.324 e. The molecule has 0 aromatic heterocycles. The van der Waals surface area contributed by atoms with Crippen LogP contribution in [0.15, 0.2) is 24.3 Å². The number of benzene rings is 1. The zero-order valence-corrected chi connectivity index (χ0v) is 10.1. The molecule has 0 bridgehead atoms. The third kappa shape index (κ3) is 3.32. The number of rotatable bonds is 3. The first kappa shape index (κ1) is 13.2. The Bertz CT molecular complexity index is 384. The average molecular weight is 242 g/mol. The summed E-state index contributed by atoms with van der Waals surface area (Å²) in [6, 6.07) is 4.74. The molecule has 0 spiro atoms. The average Bonchev–Trinajstić information content (AvgIpc) is 2.97. The van der Waals surface area contributed by atoms with E-state index >= 15 is 0 Å². The van der Waals surface area contributed by atoms with Gasteiger partial charge in [0.2, 0.25) is 0 Å². The van der Waals surface area contributed by atoms with Crippen molar-refractivity contribution in [2.45, 2.75) is 25.8 Å². The van der Waals surface area contributed by atoms with Gasteiger partial charge in [-0.25, -0.2) is 4.39 Å². The van der Waals surface area contributed by atoms with E-state index in [1.165, 1.54) is 18.9 Å². The van der Waals surface area contributed by atoms with Crippen LogP contribution in [-0.4, -0.2) is 0 Å². The molecule has 0 aliphatic heterocycles. The first-order valence-corrected chi connectivity index (χ1v) is 5.40. The van der Waals surface area contributed by atoms with E-state index in [9.17, 15) is 4.39 Å². The lowest BCUT2D eigenvalue weighted by molar-refractivity contribution is 0.625. The Hall–Kier alpha value is -0.860. The number of hydrogen-bond acceptors (Lipinski definition) is 1. The van der Waals surface area contributed by atoms with Crippen molar-refractivity contribution in [3.8, 4) is 0 Å². The number of allylic oxidation sites excluding steroid dienone is 1. The highest BCUT2D eigenvalue weighted by Crippen LogP contribution is 2.31. The summed E-state index contributed by atoms with van der Waals surface area (Å²) in [5, 5.41) is 0. The molecule has 1 aromatic rings. The maximum Gasteiger partial charge on any atom is 0.123 e. The maximum absolute atomic E-state index is 13.1. The van der Waals surface area contributed by atoms with E-state index in [1.807, 2.05) is 13.0 Å². The largest absolute Gasteiger partial charge is 0.324 e. The fourth-order valence-electron chi connectivity index (χ4n) is 1.63. The second-order valence-electron chi connectivity index (χ2n) is 4.26. The van der Waals surface area contributed by atoms with Crippen LogP contribution in [0.3, 0.4) is 0 Å². The molecule has 0 amide bonds. The fraction of sp³-hybridized carbons (Fsp3) is 0.385. The van der Waals surface area contributed by atoms with Crippen LogP contribution in [0.2, 0.25) is 0 Å². The lowest BCUT2D eigenvalue weighted by Gasteiger charge is -2.09. The standard InChI is InChI=1S/C13H16FN.ClH/c1-9(15)13-7-6-12(14)8-11(13)5-4-10-2-3-10;/h4-10H,2-3,15H2,1H3;1H/b5-4+;/t9-;/m0./s1. The topological polar surface area (TPSA) is 26.0 Å². The van der Waals surface area contributed by atoms with Crippen LogP contribution < -0.4 is 5.73 Å². The highest BCUT2D eigenvalue weighted by atomic mass is 35.5. The first-order chi connectivity index (χ1) is 7.16. The van der Waals surface area contributed by atoms with Gasteiger partial charge in [0.05, 0.1) is 0 Å². The van der Waals surface area contributed by atoms with Gasteiger partial charge in [0, 0.05) is 6.04 Å². The Morgan fingerprint density at radius 3 is 2.69 bits per heavy atom. The Labute approximate surface area is 102 Å². The van der Waals surface area contributed by atoms with Gasteiger partial charge >= 0.3 is 0 Å². The Morgan fingerprint density at radius 2 is 2.12 bits per heavy atom. The van der Waals surface area contributed by atoms with Crippen molar-refractivity contribution in [1.82, 2.24) is 0 Å². The molecule has 16 heavy (non-hydrogen) atoms. The van der Waals surface area contributed by atoms with E-state index in [0.717, 1.165) is 11.1 Å². The van der Waals surface area contributed by atoms with Gasteiger partial charge in [-0.15, -0.1) is 12.4 Å². The summed E-state index contributed by atoms with van der Waals surface area (Å²) in [4.78, 5) is 0. The predicted molar refractivity (Wildman–Crippen MR) is 68.0 cm³/mol. The summed E-state index contributed by atoms with van der Waals surface area (Å²) >= 11 is 0. The van der Waals surface area contributed by atoms with Crippen molar-refractivity contribution < 1.29 is 4.39 Å². The van der Waals surface area contributed by atoms with Gasteiger partial charge in [0.1, 0.15) is 5.82 Å². The number of hydrogen-bond donors (Lipinski definition) is 1. The first-order valence-electron chi connectivity index (χ1n) is 5.40. The lowest BCUT2D eigenvalue weighted by Crippen LogP contribution is -2.06. The molecule has 88 valence electrons. The van der Waals surface area contributed by atoms with Crippen molar-refractivity contribution in [2.75, 3.05) is 0 Å². The van der Waals surface area contributed by atoms with E-state index < -0.39 is 0 Å². The summed E-state index contributed by atoms with van der Waals surface area (Å²) in [7, 11) is 0. The van der Waals surface area contributed by atoms with Crippen LogP contribution in [0.1, 0.15) is 36.9 Å². The Morgan fingerprint density at radius 1 is 1.44 bits per heavy atom. The third-order valence-electron chi connectivity index (χ3n) is 2.71. The SMILES string of the molecule is C[C@H](N)c1ccc(F)cc1/C=C/C1CC1.Cl. The molecule has 1 atom stereocenters. The summed E-state index contributed by atoms with van der Waals surface area (Å²) in [5.41, 5.74) is 7.75. The molecular weight excluding hydrogens is 225 g/mol. The van der Waals surface area contributed by atoms with E-state index in [-0.39, 0.29) is 24.3 Å². The van der Waals surface area contributed by atoms with E-state index in [2.05, 4.69) is 6.08 Å². The van der Waals surface area contributed by atoms with Crippen molar-refractivity contribution in [3.63, 3.8) is 0 Å². The number of nitrogens with two attached hydrogens (primary N) is 1. The van der Waals surface area contributed by atoms with Gasteiger partial charge in [0.25, 0.3) is 0 Å². The third-order valence-corrected chi connectivity index (χ3v) is 2.71. The van der Waals surface area contributed by atoms with Gasteiger partial charge < -0.3 is 5.73 Å². The summed E-state index contributed by atoms with van der Waals surface area (Å²) < 4.78 is 13.1. The molecule has 0 unspecified atom stereocenters. The lowest BCUT2D eigenvalue weighted by atomic mass is 10.0.